The fraction of sp³-hybridized carbons (Fsp3) is 0.571. The maximum Gasteiger partial charge on any atom is 0.0815 e. The lowest BCUT2D eigenvalue weighted by Crippen LogP contribution is -2.07. The fourth-order valence-corrected chi connectivity index (χ4v) is 1.44. The predicted molar refractivity (Wildman–Crippen MR) is 68.5 cm³/mol. The Hall–Kier alpha value is -0.860. The van der Waals surface area contributed by atoms with Crippen LogP contribution < -0.4 is 0 Å². The van der Waals surface area contributed by atoms with E-state index >= 15 is 0 Å². The van der Waals surface area contributed by atoms with Crippen LogP contribution >= 0.6 is 0 Å². The summed E-state index contributed by atoms with van der Waals surface area (Å²) < 4.78 is 0. The van der Waals surface area contributed by atoms with Crippen LogP contribution in [0.3, 0.4) is 0 Å². The van der Waals surface area contributed by atoms with E-state index in [4.69, 9.17) is 5.11 Å². The molecule has 0 amide bonds. The summed E-state index contributed by atoms with van der Waals surface area (Å²) in [6.07, 6.45) is -0.333. The third kappa shape index (κ3) is 4.77. The third-order valence-electron chi connectivity index (χ3n) is 2.38. The second-order valence-electron chi connectivity index (χ2n) is 4.37. The second-order valence-corrected chi connectivity index (χ2v) is 4.37. The summed E-state index contributed by atoms with van der Waals surface area (Å²) in [5.74, 6) is 0.278. The molecule has 1 aromatic carbocycles. The second kappa shape index (κ2) is 7.42. The summed E-state index contributed by atoms with van der Waals surface area (Å²) in [5.41, 5.74) is 3.45. The summed E-state index contributed by atoms with van der Waals surface area (Å²) in [5, 5.41) is 17.5. The van der Waals surface area contributed by atoms with Crippen molar-refractivity contribution in [3.05, 3.63) is 34.9 Å². The molecule has 0 heterocycles. The third-order valence-corrected chi connectivity index (χ3v) is 2.38. The Bertz CT molecular complexity index is 306. The lowest BCUT2D eigenvalue weighted by Gasteiger charge is -2.17. The number of hydrogen-bond donors (Lipinski definition) is 2. The molecule has 2 nitrogen and oxygen atoms in total. The van der Waals surface area contributed by atoms with Crippen LogP contribution in [0.1, 0.15) is 43.6 Å². The highest BCUT2D eigenvalue weighted by Crippen LogP contribution is 2.24. The average molecular weight is 224 g/mol. The number of hydrogen-bond acceptors (Lipinski definition) is 2. The van der Waals surface area contributed by atoms with Gasteiger partial charge >= 0.3 is 0 Å². The zero-order valence-electron chi connectivity index (χ0n) is 11.0. The van der Waals surface area contributed by atoms with Gasteiger partial charge in [0.15, 0.2) is 0 Å². The molecule has 16 heavy (non-hydrogen) atoms. The molecule has 2 N–H and O–H groups in total. The molecule has 0 spiro atoms. The molecule has 1 atom stereocenters. The van der Waals surface area contributed by atoms with Crippen molar-refractivity contribution in [3.63, 3.8) is 0 Å². The first-order valence-corrected chi connectivity index (χ1v) is 5.80. The van der Waals surface area contributed by atoms with Crippen LogP contribution in [0.5, 0.6) is 0 Å². The van der Waals surface area contributed by atoms with Crippen molar-refractivity contribution in [2.24, 2.45) is 5.92 Å². The Balaban J connectivity index is 0.000000673. The average Bonchev–Trinajstić information content (AvgIpc) is 2.21. The Morgan fingerprint density at radius 2 is 1.69 bits per heavy atom. The maximum absolute atomic E-state index is 9.90. The largest absolute Gasteiger partial charge is 0.397 e. The number of rotatable bonds is 2. The van der Waals surface area contributed by atoms with E-state index in [1.54, 1.807) is 6.92 Å². The number of aliphatic hydroxyl groups excluding tert-OH is 2. The van der Waals surface area contributed by atoms with Crippen molar-refractivity contribution in [2.75, 3.05) is 6.61 Å². The minimum absolute atomic E-state index is 0.250. The first-order valence-electron chi connectivity index (χ1n) is 5.80. The van der Waals surface area contributed by atoms with Crippen LogP contribution in [0.4, 0.5) is 0 Å². The van der Waals surface area contributed by atoms with E-state index in [2.05, 4.69) is 25.1 Å². The van der Waals surface area contributed by atoms with Crippen molar-refractivity contribution in [1.29, 1.82) is 0 Å². The fourth-order valence-electron chi connectivity index (χ4n) is 1.44. The molecule has 0 saturated carbocycles. The van der Waals surface area contributed by atoms with E-state index in [9.17, 15) is 5.11 Å². The van der Waals surface area contributed by atoms with E-state index in [0.29, 0.717) is 0 Å². The van der Waals surface area contributed by atoms with Gasteiger partial charge in [0.1, 0.15) is 0 Å². The van der Waals surface area contributed by atoms with E-state index in [-0.39, 0.29) is 18.6 Å². The number of aryl methyl sites for hydroxylation is 2. The van der Waals surface area contributed by atoms with E-state index in [1.165, 1.54) is 11.1 Å². The van der Waals surface area contributed by atoms with Crippen LogP contribution in [-0.4, -0.2) is 16.8 Å². The molecule has 0 aliphatic rings. The van der Waals surface area contributed by atoms with E-state index in [1.807, 2.05) is 20.8 Å². The molecule has 1 aromatic rings. The van der Waals surface area contributed by atoms with Crippen molar-refractivity contribution in [1.82, 2.24) is 0 Å². The van der Waals surface area contributed by atoms with Crippen LogP contribution in [0.25, 0.3) is 0 Å². The van der Waals surface area contributed by atoms with Gasteiger partial charge in [0.05, 0.1) is 6.10 Å². The van der Waals surface area contributed by atoms with E-state index in [0.717, 1.165) is 5.56 Å². The minimum atomic E-state index is -0.333. The van der Waals surface area contributed by atoms with Gasteiger partial charge in [-0.25, -0.2) is 0 Å². The van der Waals surface area contributed by atoms with Crippen LogP contribution in [-0.2, 0) is 0 Å². The highest BCUT2D eigenvalue weighted by molar-refractivity contribution is 5.32. The van der Waals surface area contributed by atoms with E-state index < -0.39 is 0 Å². The van der Waals surface area contributed by atoms with Crippen LogP contribution in [0.15, 0.2) is 18.2 Å². The highest BCUT2D eigenvalue weighted by Gasteiger charge is 2.13. The first-order chi connectivity index (χ1) is 7.43. The molecule has 2 heteroatoms. The number of aliphatic hydroxyl groups is 2. The topological polar surface area (TPSA) is 40.5 Å². The van der Waals surface area contributed by atoms with Crippen molar-refractivity contribution in [3.8, 4) is 0 Å². The van der Waals surface area contributed by atoms with Gasteiger partial charge in [-0.15, -0.1) is 0 Å². The molecule has 0 bridgehead atoms. The first kappa shape index (κ1) is 15.1. The van der Waals surface area contributed by atoms with Gasteiger partial charge in [-0.05, 0) is 37.8 Å². The molecule has 0 aliphatic heterocycles. The summed E-state index contributed by atoms with van der Waals surface area (Å²) in [6.45, 7) is 10.1. The summed E-state index contributed by atoms with van der Waals surface area (Å²) >= 11 is 0. The quantitative estimate of drug-likeness (QED) is 0.810. The van der Waals surface area contributed by atoms with Gasteiger partial charge < -0.3 is 10.2 Å². The monoisotopic (exact) mass is 224 g/mol. The Labute approximate surface area is 98.9 Å². The van der Waals surface area contributed by atoms with Gasteiger partial charge in [0, 0.05) is 6.61 Å². The molecule has 0 fully saturated rings. The molecular formula is C14H24O2. The lowest BCUT2D eigenvalue weighted by molar-refractivity contribution is 0.126. The Morgan fingerprint density at radius 1 is 1.19 bits per heavy atom. The van der Waals surface area contributed by atoms with Gasteiger partial charge in [-0.1, -0.05) is 37.6 Å². The normalized spacial score (nSPS) is 12.0. The van der Waals surface area contributed by atoms with Crippen LogP contribution in [0, 0.1) is 19.8 Å². The molecule has 92 valence electrons. The molecule has 1 unspecified atom stereocenters. The standard InChI is InChI=1S/C12H18O.C2H6O/c1-8(2)12(13)11-7-9(3)5-6-10(11)4;1-2-3/h5-8,12-13H,1-4H3;3H,2H2,1H3. The Kier molecular flexibility index (Phi) is 7.02. The van der Waals surface area contributed by atoms with Crippen LogP contribution in [0.2, 0.25) is 0 Å². The zero-order valence-corrected chi connectivity index (χ0v) is 11.0. The molecule has 0 aliphatic carbocycles. The molecule has 0 saturated heterocycles. The smallest absolute Gasteiger partial charge is 0.0815 e. The van der Waals surface area contributed by atoms with Crippen molar-refractivity contribution >= 4 is 0 Å². The molecule has 1 rings (SSSR count). The molecule has 0 radical (unpaired) electrons. The number of benzene rings is 1. The van der Waals surface area contributed by atoms with Gasteiger partial charge in [0.2, 0.25) is 0 Å². The summed E-state index contributed by atoms with van der Waals surface area (Å²) in [7, 11) is 0. The minimum Gasteiger partial charge on any atom is -0.397 e. The van der Waals surface area contributed by atoms with Gasteiger partial charge in [0.25, 0.3) is 0 Å². The zero-order chi connectivity index (χ0) is 12.7. The Morgan fingerprint density at radius 3 is 2.12 bits per heavy atom. The van der Waals surface area contributed by atoms with Gasteiger partial charge in [-0.3, -0.25) is 0 Å². The maximum atomic E-state index is 9.90. The van der Waals surface area contributed by atoms with Crippen molar-refractivity contribution < 1.29 is 10.2 Å². The summed E-state index contributed by atoms with van der Waals surface area (Å²) in [4.78, 5) is 0. The SMILES string of the molecule is CCO.Cc1ccc(C)c(C(O)C(C)C)c1. The molecular weight excluding hydrogens is 200 g/mol. The lowest BCUT2D eigenvalue weighted by atomic mass is 9.94. The van der Waals surface area contributed by atoms with Crippen molar-refractivity contribution in [2.45, 2.75) is 40.7 Å². The predicted octanol–water partition coefficient (Wildman–Crippen LogP) is 2.99. The summed E-state index contributed by atoms with van der Waals surface area (Å²) in [6, 6.07) is 6.21. The van der Waals surface area contributed by atoms with Gasteiger partial charge in [-0.2, -0.15) is 0 Å². The highest BCUT2D eigenvalue weighted by atomic mass is 16.3. The molecule has 0 aromatic heterocycles.